The van der Waals surface area contributed by atoms with Crippen LogP contribution in [0, 0.1) is 5.92 Å². The van der Waals surface area contributed by atoms with Gasteiger partial charge in [-0.15, -0.1) is 0 Å². The van der Waals surface area contributed by atoms with Gasteiger partial charge in [-0.1, -0.05) is 48.5 Å². The molecule has 1 saturated heterocycles. The molecule has 5 aromatic rings. The second-order valence-corrected chi connectivity index (χ2v) is 9.84. The molecule has 8 nitrogen and oxygen atoms in total. The maximum atomic E-state index is 12.2. The Morgan fingerprint density at radius 2 is 1.82 bits per heavy atom. The highest BCUT2D eigenvalue weighted by atomic mass is 16.5. The summed E-state index contributed by atoms with van der Waals surface area (Å²) < 4.78 is 7.08. The zero-order valence-corrected chi connectivity index (χ0v) is 21.4. The maximum Gasteiger partial charge on any atom is 0.248 e. The Morgan fingerprint density at radius 3 is 2.61 bits per heavy atom. The molecule has 4 heterocycles. The number of aromatic nitrogens is 4. The van der Waals surface area contributed by atoms with Gasteiger partial charge in [0.2, 0.25) is 5.91 Å². The molecule has 2 N–H and O–H groups in total. The number of methoxy groups -OCH3 is 1. The molecule has 0 radical (unpaired) electrons. The van der Waals surface area contributed by atoms with Crippen LogP contribution in [0.15, 0.2) is 73.1 Å². The molecule has 0 aliphatic carbocycles. The van der Waals surface area contributed by atoms with E-state index in [1.165, 1.54) is 0 Å². The topological polar surface area (TPSA) is 98.6 Å². The van der Waals surface area contributed by atoms with Crippen LogP contribution in [-0.4, -0.2) is 57.0 Å². The van der Waals surface area contributed by atoms with Crippen molar-refractivity contribution in [1.29, 1.82) is 0 Å². The van der Waals surface area contributed by atoms with Crippen LogP contribution in [0.1, 0.15) is 18.7 Å². The lowest BCUT2D eigenvalue weighted by Crippen LogP contribution is -2.40. The number of anilines is 1. The van der Waals surface area contributed by atoms with Gasteiger partial charge in [-0.05, 0) is 30.9 Å². The lowest BCUT2D eigenvalue weighted by Gasteiger charge is -2.31. The van der Waals surface area contributed by atoms with Crippen LogP contribution in [-0.2, 0) is 16.0 Å². The first kappa shape index (κ1) is 24.1. The van der Waals surface area contributed by atoms with E-state index in [2.05, 4.69) is 51.8 Å². The van der Waals surface area contributed by atoms with E-state index in [-0.39, 0.29) is 12.5 Å². The number of imidazole rings is 1. The lowest BCUT2D eigenvalue weighted by atomic mass is 9.93. The number of likely N-dealkylation sites (tertiary alicyclic amines) is 1. The molecule has 3 aromatic heterocycles. The number of piperidine rings is 1. The first-order chi connectivity index (χ1) is 18.6. The van der Waals surface area contributed by atoms with E-state index in [4.69, 9.17) is 20.4 Å². The van der Waals surface area contributed by atoms with E-state index in [0.29, 0.717) is 11.7 Å². The van der Waals surface area contributed by atoms with Gasteiger partial charge >= 0.3 is 0 Å². The fourth-order valence-electron chi connectivity index (χ4n) is 5.36. The predicted molar refractivity (Wildman–Crippen MR) is 148 cm³/mol. The molecule has 38 heavy (non-hydrogen) atoms. The average Bonchev–Trinajstić information content (AvgIpc) is 3.33. The zero-order valence-electron chi connectivity index (χ0n) is 21.4. The molecule has 1 aliphatic heterocycles. The van der Waals surface area contributed by atoms with Crippen molar-refractivity contribution in [3.8, 4) is 22.5 Å². The fraction of sp³-hybridized carbons (Fsp3) is 0.267. The number of amides is 1. The lowest BCUT2D eigenvalue weighted by molar-refractivity contribution is -0.136. The first-order valence-electron chi connectivity index (χ1n) is 13.0. The van der Waals surface area contributed by atoms with E-state index >= 15 is 0 Å². The minimum atomic E-state index is 0.0543. The highest BCUT2D eigenvalue weighted by Crippen LogP contribution is 2.32. The number of nitrogens with zero attached hydrogens (tertiary/aromatic N) is 5. The second-order valence-electron chi connectivity index (χ2n) is 9.84. The molecule has 1 fully saturated rings. The number of carbonyl (C=O) groups is 1. The smallest absolute Gasteiger partial charge is 0.248 e. The van der Waals surface area contributed by atoms with Crippen molar-refractivity contribution in [1.82, 2.24) is 24.3 Å². The number of hydrogen-bond donors (Lipinski definition) is 1. The maximum absolute atomic E-state index is 12.2. The van der Waals surface area contributed by atoms with Gasteiger partial charge in [-0.3, -0.25) is 9.20 Å². The number of nitrogens with two attached hydrogens (primary N) is 1. The van der Waals surface area contributed by atoms with Gasteiger partial charge in [0, 0.05) is 55.5 Å². The third-order valence-electron chi connectivity index (χ3n) is 7.40. The predicted octanol–water partition coefficient (Wildman–Crippen LogP) is 4.62. The molecule has 2 aromatic carbocycles. The van der Waals surface area contributed by atoms with Crippen molar-refractivity contribution in [2.24, 2.45) is 5.92 Å². The van der Waals surface area contributed by atoms with Crippen LogP contribution in [0.4, 0.5) is 5.82 Å². The van der Waals surface area contributed by atoms with Gasteiger partial charge in [0.25, 0.3) is 0 Å². The zero-order chi connectivity index (χ0) is 26.1. The fourth-order valence-corrected chi connectivity index (χ4v) is 5.36. The van der Waals surface area contributed by atoms with E-state index in [1.54, 1.807) is 13.3 Å². The van der Waals surface area contributed by atoms with E-state index < -0.39 is 0 Å². The Balaban J connectivity index is 1.33. The monoisotopic (exact) mass is 506 g/mol. The van der Waals surface area contributed by atoms with Crippen LogP contribution >= 0.6 is 0 Å². The van der Waals surface area contributed by atoms with Crippen LogP contribution < -0.4 is 5.73 Å². The van der Waals surface area contributed by atoms with Crippen LogP contribution in [0.5, 0.6) is 0 Å². The molecule has 0 bridgehead atoms. The third-order valence-corrected chi connectivity index (χ3v) is 7.40. The second kappa shape index (κ2) is 10.2. The highest BCUT2D eigenvalue weighted by molar-refractivity contribution is 5.91. The van der Waals surface area contributed by atoms with Crippen LogP contribution in [0.25, 0.3) is 38.9 Å². The van der Waals surface area contributed by atoms with Crippen molar-refractivity contribution < 1.29 is 9.53 Å². The SMILES string of the molecule is COCC(=O)N1CCC(Cc2nc(-c3ccc4ccc(-c5ccccc5)nc4c3)c3c(N)nccn23)CC1. The van der Waals surface area contributed by atoms with Gasteiger partial charge in [-0.25, -0.2) is 15.0 Å². The number of fused-ring (bicyclic) bond motifs is 2. The summed E-state index contributed by atoms with van der Waals surface area (Å²) in [5.74, 6) is 1.89. The Hall–Kier alpha value is -4.30. The molecular weight excluding hydrogens is 476 g/mol. The van der Waals surface area contributed by atoms with Crippen molar-refractivity contribution in [3.05, 3.63) is 78.9 Å². The number of pyridine rings is 1. The summed E-state index contributed by atoms with van der Waals surface area (Å²) in [6.45, 7) is 1.62. The Bertz CT molecular complexity index is 1610. The molecular formula is C30H30N6O2. The summed E-state index contributed by atoms with van der Waals surface area (Å²) in [7, 11) is 1.56. The van der Waals surface area contributed by atoms with Gasteiger partial charge in [-0.2, -0.15) is 0 Å². The summed E-state index contributed by atoms with van der Waals surface area (Å²) in [6.07, 6.45) is 6.32. The Morgan fingerprint density at radius 1 is 1.03 bits per heavy atom. The van der Waals surface area contributed by atoms with Crippen molar-refractivity contribution in [3.63, 3.8) is 0 Å². The third kappa shape index (κ3) is 4.59. The highest BCUT2D eigenvalue weighted by Gasteiger charge is 2.25. The largest absolute Gasteiger partial charge is 0.382 e. The minimum absolute atomic E-state index is 0.0543. The van der Waals surface area contributed by atoms with Gasteiger partial charge in [0.1, 0.15) is 29.5 Å². The molecule has 0 spiro atoms. The number of nitrogen functional groups attached to an aromatic ring is 1. The Labute approximate surface area is 221 Å². The molecule has 192 valence electrons. The molecule has 0 saturated carbocycles. The molecule has 0 unspecified atom stereocenters. The van der Waals surface area contributed by atoms with E-state index in [0.717, 1.165) is 77.1 Å². The van der Waals surface area contributed by atoms with E-state index in [9.17, 15) is 4.79 Å². The molecule has 8 heteroatoms. The van der Waals surface area contributed by atoms with E-state index in [1.807, 2.05) is 29.3 Å². The molecule has 1 amide bonds. The molecule has 1 aliphatic rings. The van der Waals surface area contributed by atoms with Crippen molar-refractivity contribution >= 4 is 28.1 Å². The minimum Gasteiger partial charge on any atom is -0.382 e. The number of carbonyl (C=O) groups excluding carboxylic acids is 1. The number of hydrogen-bond acceptors (Lipinski definition) is 6. The van der Waals surface area contributed by atoms with Gasteiger partial charge < -0.3 is 15.4 Å². The first-order valence-corrected chi connectivity index (χ1v) is 13.0. The van der Waals surface area contributed by atoms with Gasteiger partial charge in [0.15, 0.2) is 0 Å². The van der Waals surface area contributed by atoms with Crippen molar-refractivity contribution in [2.45, 2.75) is 19.3 Å². The van der Waals surface area contributed by atoms with Crippen molar-refractivity contribution in [2.75, 3.05) is 32.5 Å². The summed E-state index contributed by atoms with van der Waals surface area (Å²) in [6, 6.07) is 20.6. The average molecular weight is 507 g/mol. The van der Waals surface area contributed by atoms with Crippen LogP contribution in [0.3, 0.4) is 0 Å². The normalized spacial score (nSPS) is 14.4. The van der Waals surface area contributed by atoms with Gasteiger partial charge in [0.05, 0.1) is 11.2 Å². The standard InChI is InChI=1S/C30H30N6O2/c1-38-19-27(37)35-14-11-20(12-15-35)17-26-34-28(29-30(31)32-13-16-36(26)29)23-8-7-22-9-10-24(33-25(22)18-23)21-5-3-2-4-6-21/h2-10,13,16,18,20H,11-12,14-15,17,19H2,1H3,(H2,31,32). The summed E-state index contributed by atoms with van der Waals surface area (Å²) >= 11 is 0. The summed E-state index contributed by atoms with van der Waals surface area (Å²) in [5.41, 5.74) is 11.9. The number of benzene rings is 2. The van der Waals surface area contributed by atoms with Crippen LogP contribution in [0.2, 0.25) is 0 Å². The molecule has 0 atom stereocenters. The summed E-state index contributed by atoms with van der Waals surface area (Å²) in [4.78, 5) is 28.5. The quantitative estimate of drug-likeness (QED) is 0.361. The number of ether oxygens (including phenoxy) is 1. The molecule has 6 rings (SSSR count). The Kier molecular flexibility index (Phi) is 6.47. The number of rotatable bonds is 6. The summed E-state index contributed by atoms with van der Waals surface area (Å²) in [5, 5.41) is 1.07.